The van der Waals surface area contributed by atoms with Gasteiger partial charge in [-0.3, -0.25) is 15.4 Å². The third-order valence-corrected chi connectivity index (χ3v) is 8.63. The molecule has 0 saturated heterocycles. The first-order valence-electron chi connectivity index (χ1n) is 17.3. The van der Waals surface area contributed by atoms with Crippen LogP contribution >= 0.6 is 0 Å². The molecule has 8 rings (SSSR count). The van der Waals surface area contributed by atoms with E-state index in [1.807, 2.05) is 76.7 Å². The van der Waals surface area contributed by atoms with E-state index in [1.54, 1.807) is 34.0 Å². The molecule has 7 aromatic rings. The maximum absolute atomic E-state index is 7.98. The van der Waals surface area contributed by atoms with Crippen molar-refractivity contribution in [3.05, 3.63) is 131 Å². The monoisotopic (exact) mass is 728 g/mol. The quantitative estimate of drug-likeness (QED) is 0.131. The number of aromatic nitrogens is 8. The Morgan fingerprint density at radius 2 is 1.57 bits per heavy atom. The fraction of sp³-hybridized carbons (Fsp3) is 0.250. The summed E-state index contributed by atoms with van der Waals surface area (Å²) in [6, 6.07) is 23.7. The summed E-state index contributed by atoms with van der Waals surface area (Å²) in [5.41, 5.74) is 7.03. The van der Waals surface area contributed by atoms with Gasteiger partial charge in [0.1, 0.15) is 41.4 Å². The highest BCUT2D eigenvalue weighted by Gasteiger charge is 2.18. The molecule has 278 valence electrons. The molecule has 5 heterocycles. The van der Waals surface area contributed by atoms with Crippen LogP contribution in [-0.4, -0.2) is 60.4 Å². The van der Waals surface area contributed by atoms with Gasteiger partial charge >= 0.3 is 0 Å². The van der Waals surface area contributed by atoms with E-state index in [0.717, 1.165) is 34.9 Å². The maximum Gasteiger partial charge on any atom is 0.173 e. The summed E-state index contributed by atoms with van der Waals surface area (Å²) in [6.45, 7) is 11.2. The molecule has 0 aliphatic carbocycles. The predicted molar refractivity (Wildman–Crippen MR) is 205 cm³/mol. The van der Waals surface area contributed by atoms with E-state index in [1.165, 1.54) is 5.56 Å². The van der Waals surface area contributed by atoms with Gasteiger partial charge in [0.25, 0.3) is 0 Å². The van der Waals surface area contributed by atoms with Crippen LogP contribution in [-0.2, 0) is 17.9 Å². The molecule has 0 saturated carbocycles. The molecule has 2 bridgehead atoms. The number of aromatic amines is 2. The number of ether oxygens (including phenoxy) is 4. The minimum absolute atomic E-state index is 0.161. The van der Waals surface area contributed by atoms with Crippen molar-refractivity contribution in [2.45, 2.75) is 46.1 Å². The molecule has 54 heavy (non-hydrogen) atoms. The van der Waals surface area contributed by atoms with Gasteiger partial charge in [0.15, 0.2) is 40.0 Å². The van der Waals surface area contributed by atoms with Crippen molar-refractivity contribution in [2.75, 3.05) is 21.3 Å². The fourth-order valence-corrected chi connectivity index (χ4v) is 5.81. The normalized spacial score (nSPS) is 12.1. The van der Waals surface area contributed by atoms with Crippen LogP contribution in [0.15, 0.2) is 92.0 Å². The van der Waals surface area contributed by atoms with E-state index < -0.39 is 0 Å². The van der Waals surface area contributed by atoms with Crippen molar-refractivity contribution in [1.82, 2.24) is 39.0 Å². The minimum atomic E-state index is -0.333. The number of hydrogen-bond donors (Lipinski definition) is 4. The topological polar surface area (TPSA) is 178 Å². The molecule has 1 aliphatic heterocycles. The molecule has 4 aromatic heterocycles. The van der Waals surface area contributed by atoms with Gasteiger partial charge in [0.05, 0.1) is 27.1 Å². The van der Waals surface area contributed by atoms with Crippen molar-refractivity contribution in [1.29, 1.82) is 10.8 Å². The Hall–Kier alpha value is -6.54. The minimum Gasteiger partial charge on any atom is -0.493 e. The Kier molecular flexibility index (Phi) is 11.3. The average Bonchev–Trinajstić information content (AvgIpc) is 3.93. The third kappa shape index (κ3) is 8.08. The Bertz CT molecular complexity index is 2500. The Morgan fingerprint density at radius 1 is 0.852 bits per heavy atom. The van der Waals surface area contributed by atoms with Gasteiger partial charge in [-0.15, -0.1) is 0 Å². The molecule has 4 N–H and O–H groups in total. The van der Waals surface area contributed by atoms with Gasteiger partial charge in [-0.2, -0.15) is 0 Å². The number of nitrogens with zero attached hydrogens (tertiary/aromatic N) is 6. The van der Waals surface area contributed by atoms with E-state index in [4.69, 9.17) is 29.8 Å². The van der Waals surface area contributed by atoms with E-state index in [9.17, 15) is 0 Å². The first-order chi connectivity index (χ1) is 26.1. The van der Waals surface area contributed by atoms with Gasteiger partial charge in [-0.25, -0.2) is 19.9 Å². The number of rotatable bonds is 9. The molecule has 0 fully saturated rings. The predicted octanol–water partition coefficient (Wildman–Crippen LogP) is 6.47. The van der Waals surface area contributed by atoms with Crippen molar-refractivity contribution in [3.8, 4) is 17.2 Å². The third-order valence-electron chi connectivity index (χ3n) is 8.63. The van der Waals surface area contributed by atoms with Crippen LogP contribution in [0.1, 0.15) is 61.3 Å². The molecule has 14 nitrogen and oxygen atoms in total. The summed E-state index contributed by atoms with van der Waals surface area (Å²) < 4.78 is 25.2. The van der Waals surface area contributed by atoms with Crippen LogP contribution in [0, 0.1) is 10.8 Å². The van der Waals surface area contributed by atoms with Crippen LogP contribution in [0.3, 0.4) is 0 Å². The molecule has 3 aromatic carbocycles. The van der Waals surface area contributed by atoms with Crippen LogP contribution in [0.2, 0.25) is 0 Å². The number of nitrogens with one attached hydrogen (secondary N) is 4. The lowest BCUT2D eigenvalue weighted by Crippen LogP contribution is -2.19. The number of benzene rings is 3. The van der Waals surface area contributed by atoms with Gasteiger partial charge in [-0.1, -0.05) is 69.0 Å². The van der Waals surface area contributed by atoms with Crippen LogP contribution in [0.5, 0.6) is 17.2 Å². The highest BCUT2D eigenvalue weighted by molar-refractivity contribution is 5.74. The second-order valence-corrected chi connectivity index (χ2v) is 12.9. The molecule has 14 heteroatoms. The molecule has 0 spiro atoms. The average molecular weight is 729 g/mol. The molecule has 1 unspecified atom stereocenters. The van der Waals surface area contributed by atoms with Crippen LogP contribution in [0.25, 0.3) is 27.9 Å². The molecule has 0 radical (unpaired) electrons. The largest absolute Gasteiger partial charge is 0.493 e. The van der Waals surface area contributed by atoms with Gasteiger partial charge < -0.3 is 33.5 Å². The number of hydrogen-bond acceptors (Lipinski definition) is 10. The van der Waals surface area contributed by atoms with Crippen LogP contribution in [0.4, 0.5) is 0 Å². The van der Waals surface area contributed by atoms with Gasteiger partial charge in [-0.05, 0) is 47.9 Å². The lowest BCUT2D eigenvalue weighted by molar-refractivity contribution is 0.0804. The van der Waals surface area contributed by atoms with E-state index in [2.05, 4.69) is 62.5 Å². The summed E-state index contributed by atoms with van der Waals surface area (Å²) in [4.78, 5) is 23.8. The smallest absolute Gasteiger partial charge is 0.173 e. The second kappa shape index (κ2) is 16.4. The van der Waals surface area contributed by atoms with E-state index in [-0.39, 0.29) is 23.1 Å². The number of H-pyrrole nitrogens is 2. The highest BCUT2D eigenvalue weighted by Crippen LogP contribution is 2.28. The SMILES string of the molecule is C=C(C)c1nc2c([nH]1)c(=N)ncn2Cc1ccc(OC)c(OC)c1.COC(c1ccccc1)n1cnc(=N)c2[nH]c(C(C)C)nc21.c1cc2cc(c1)OC2. The zero-order valence-electron chi connectivity index (χ0n) is 31.2. The number of fused-ring (bicyclic) bond motifs is 4. The zero-order valence-corrected chi connectivity index (χ0v) is 31.2. The Morgan fingerprint density at radius 3 is 2.22 bits per heavy atom. The number of methoxy groups -OCH3 is 3. The molecular formula is C40H44N10O4. The summed E-state index contributed by atoms with van der Waals surface area (Å²) in [5, 5.41) is 15.9. The van der Waals surface area contributed by atoms with Crippen LogP contribution < -0.4 is 25.2 Å². The summed E-state index contributed by atoms with van der Waals surface area (Å²) in [5.74, 6) is 4.10. The Labute approximate surface area is 312 Å². The summed E-state index contributed by atoms with van der Waals surface area (Å²) in [6.07, 6.45) is 2.89. The lowest BCUT2D eigenvalue weighted by Gasteiger charge is -2.19. The zero-order chi connectivity index (χ0) is 38.4. The molecular weight excluding hydrogens is 685 g/mol. The number of imidazole rings is 2. The number of allylic oxidation sites excluding steroid dienone is 1. The standard InChI is InChI=1S/C17H19N5O2.C16H19N5O.C7H6O/c1-10(2)16-20-14-15(18)19-9-22(17(14)21-16)8-11-5-6-12(23-3)13(7-11)24-4;1-10(2)14-19-12-13(17)18-9-21(15(12)20-14)16(22-3)11-7-5-4-6-8-11;1-2-6-4-7(3-1)8-5-6/h5-7,9,18H,1,8H2,2-4H3,(H,20,21);4-10,16-17H,1-3H3,(H,19,20);1-4H,5H2. The molecule has 1 aliphatic rings. The van der Waals surface area contributed by atoms with Gasteiger partial charge in [0.2, 0.25) is 0 Å². The molecule has 0 amide bonds. The van der Waals surface area contributed by atoms with Crippen molar-refractivity contribution in [2.24, 2.45) is 0 Å². The fourth-order valence-electron chi connectivity index (χ4n) is 5.81. The highest BCUT2D eigenvalue weighted by atomic mass is 16.5. The van der Waals surface area contributed by atoms with E-state index in [0.29, 0.717) is 46.2 Å². The molecule has 1 atom stereocenters. The second-order valence-electron chi connectivity index (χ2n) is 12.9. The van der Waals surface area contributed by atoms with Gasteiger partial charge in [0, 0.05) is 18.6 Å². The van der Waals surface area contributed by atoms with Crippen molar-refractivity contribution >= 4 is 27.9 Å². The first-order valence-corrected chi connectivity index (χ1v) is 17.3. The maximum atomic E-state index is 7.98. The lowest BCUT2D eigenvalue weighted by atomic mass is 10.2. The summed E-state index contributed by atoms with van der Waals surface area (Å²) >= 11 is 0. The van der Waals surface area contributed by atoms with Crippen molar-refractivity contribution < 1.29 is 18.9 Å². The Balaban J connectivity index is 0.000000153. The van der Waals surface area contributed by atoms with Crippen molar-refractivity contribution in [3.63, 3.8) is 0 Å². The van der Waals surface area contributed by atoms with E-state index >= 15 is 0 Å². The summed E-state index contributed by atoms with van der Waals surface area (Å²) in [7, 11) is 4.87. The first kappa shape index (κ1) is 37.2.